The first-order valence-electron chi connectivity index (χ1n) is 8.05. The van der Waals surface area contributed by atoms with E-state index in [1.165, 1.54) is 0 Å². The number of hydrogen-bond donors (Lipinski definition) is 2. The van der Waals surface area contributed by atoms with E-state index in [2.05, 4.69) is 15.6 Å². The maximum absolute atomic E-state index is 11.8. The second-order valence-electron chi connectivity index (χ2n) is 5.77. The Hall–Kier alpha value is -2.53. The largest absolute Gasteiger partial charge is 0.352 e. The predicted octanol–water partition coefficient (Wildman–Crippen LogP) is 2.66. The summed E-state index contributed by atoms with van der Waals surface area (Å²) in [6.45, 7) is 1.31. The zero-order valence-corrected chi connectivity index (χ0v) is 15.3. The molecule has 2 N–H and O–H groups in total. The van der Waals surface area contributed by atoms with Gasteiger partial charge in [0.25, 0.3) is 0 Å². The van der Waals surface area contributed by atoms with E-state index in [4.69, 9.17) is 11.6 Å². The van der Waals surface area contributed by atoms with Crippen LogP contribution >= 0.6 is 11.6 Å². The molecule has 0 aromatic heterocycles. The molecule has 2 rings (SSSR count). The second kappa shape index (κ2) is 9.69. The molecule has 0 aliphatic carbocycles. The summed E-state index contributed by atoms with van der Waals surface area (Å²) in [5.74, 6) is 0.578. The monoisotopic (exact) mass is 358 g/mol. The Morgan fingerprint density at radius 1 is 1.00 bits per heavy atom. The minimum absolute atomic E-state index is 0.0132. The van der Waals surface area contributed by atoms with Crippen molar-refractivity contribution in [3.63, 3.8) is 0 Å². The van der Waals surface area contributed by atoms with Gasteiger partial charge in [-0.2, -0.15) is 0 Å². The molecule has 0 bridgehead atoms. The first-order valence-corrected chi connectivity index (χ1v) is 8.43. The zero-order valence-electron chi connectivity index (χ0n) is 14.5. The molecule has 1 amide bonds. The van der Waals surface area contributed by atoms with Crippen LogP contribution in [0.5, 0.6) is 0 Å². The standard InChI is InChI=1S/C19H23ClN4O/c1-24(2)18(25)14-23-19(21-12-15-6-4-3-5-7-15)22-13-16-8-10-17(20)11-9-16/h3-11H,12-14H2,1-2H3,(H2,21,22,23). The number of carbonyl (C=O) groups excluding carboxylic acids is 1. The number of nitrogens with one attached hydrogen (secondary N) is 2. The van der Waals surface area contributed by atoms with Crippen LogP contribution in [0.2, 0.25) is 5.02 Å². The minimum Gasteiger partial charge on any atom is -0.352 e. The lowest BCUT2D eigenvalue weighted by Gasteiger charge is -2.15. The van der Waals surface area contributed by atoms with E-state index in [1.807, 2.05) is 54.6 Å². The third-order valence-corrected chi connectivity index (χ3v) is 3.79. The van der Waals surface area contributed by atoms with Crippen molar-refractivity contribution in [3.05, 3.63) is 70.7 Å². The Kier molecular flexibility index (Phi) is 7.29. The minimum atomic E-state index is -0.0132. The molecule has 25 heavy (non-hydrogen) atoms. The SMILES string of the molecule is CN(C)C(=O)CNC(=NCc1ccccc1)NCc1ccc(Cl)cc1. The molecule has 0 atom stereocenters. The molecule has 6 heteroatoms. The van der Waals surface area contributed by atoms with E-state index in [0.29, 0.717) is 24.1 Å². The fourth-order valence-electron chi connectivity index (χ4n) is 2.03. The Morgan fingerprint density at radius 3 is 2.32 bits per heavy atom. The number of nitrogens with zero attached hydrogens (tertiary/aromatic N) is 2. The summed E-state index contributed by atoms with van der Waals surface area (Å²) >= 11 is 5.91. The number of rotatable bonds is 6. The van der Waals surface area contributed by atoms with Crippen LogP contribution in [0.3, 0.4) is 0 Å². The van der Waals surface area contributed by atoms with E-state index >= 15 is 0 Å². The summed E-state index contributed by atoms with van der Waals surface area (Å²) in [5, 5.41) is 7.02. The van der Waals surface area contributed by atoms with Crippen LogP contribution in [0.25, 0.3) is 0 Å². The van der Waals surface area contributed by atoms with Crippen LogP contribution in [0, 0.1) is 0 Å². The Bertz CT molecular complexity index is 699. The molecule has 0 fully saturated rings. The Labute approximate surface area is 153 Å². The highest BCUT2D eigenvalue weighted by molar-refractivity contribution is 6.30. The Balaban J connectivity index is 1.99. The van der Waals surface area contributed by atoms with Gasteiger partial charge < -0.3 is 15.5 Å². The van der Waals surface area contributed by atoms with Gasteiger partial charge in [-0.05, 0) is 23.3 Å². The van der Waals surface area contributed by atoms with Gasteiger partial charge >= 0.3 is 0 Å². The summed E-state index contributed by atoms with van der Waals surface area (Å²) in [6.07, 6.45) is 0. The highest BCUT2D eigenvalue weighted by Gasteiger charge is 2.06. The first kappa shape index (κ1) is 18.8. The lowest BCUT2D eigenvalue weighted by molar-refractivity contribution is -0.127. The van der Waals surface area contributed by atoms with Crippen molar-refractivity contribution in [2.45, 2.75) is 13.1 Å². The number of carbonyl (C=O) groups is 1. The average molecular weight is 359 g/mol. The van der Waals surface area contributed by atoms with Crippen molar-refractivity contribution in [3.8, 4) is 0 Å². The van der Waals surface area contributed by atoms with Gasteiger partial charge in [-0.3, -0.25) is 4.79 Å². The van der Waals surface area contributed by atoms with Gasteiger partial charge in [0.2, 0.25) is 5.91 Å². The van der Waals surface area contributed by atoms with Crippen LogP contribution in [-0.4, -0.2) is 37.4 Å². The first-order chi connectivity index (χ1) is 12.0. The molecule has 132 valence electrons. The van der Waals surface area contributed by atoms with Gasteiger partial charge in [0.15, 0.2) is 5.96 Å². The van der Waals surface area contributed by atoms with E-state index in [9.17, 15) is 4.79 Å². The van der Waals surface area contributed by atoms with E-state index in [-0.39, 0.29) is 12.5 Å². The maximum atomic E-state index is 11.8. The molecule has 2 aromatic carbocycles. The quantitative estimate of drug-likeness (QED) is 0.616. The van der Waals surface area contributed by atoms with Gasteiger partial charge in [0.05, 0.1) is 13.1 Å². The van der Waals surface area contributed by atoms with E-state index in [0.717, 1.165) is 11.1 Å². The molecule has 0 saturated heterocycles. The highest BCUT2D eigenvalue weighted by atomic mass is 35.5. The topological polar surface area (TPSA) is 56.7 Å². The van der Waals surface area contributed by atoms with Gasteiger partial charge in [-0.25, -0.2) is 4.99 Å². The summed E-state index contributed by atoms with van der Waals surface area (Å²) in [4.78, 5) is 17.9. The van der Waals surface area contributed by atoms with Gasteiger partial charge in [-0.15, -0.1) is 0 Å². The molecule has 2 aromatic rings. The Morgan fingerprint density at radius 2 is 1.68 bits per heavy atom. The van der Waals surface area contributed by atoms with Crippen molar-refractivity contribution in [2.75, 3.05) is 20.6 Å². The molecular weight excluding hydrogens is 336 g/mol. The van der Waals surface area contributed by atoms with Crippen molar-refractivity contribution in [1.82, 2.24) is 15.5 Å². The summed E-state index contributed by atoms with van der Waals surface area (Å²) in [6, 6.07) is 17.6. The number of amides is 1. The molecule has 0 heterocycles. The molecule has 0 unspecified atom stereocenters. The number of halogens is 1. The fourth-order valence-corrected chi connectivity index (χ4v) is 2.16. The number of hydrogen-bond acceptors (Lipinski definition) is 2. The van der Waals surface area contributed by atoms with Crippen molar-refractivity contribution in [1.29, 1.82) is 0 Å². The van der Waals surface area contributed by atoms with E-state index < -0.39 is 0 Å². The van der Waals surface area contributed by atoms with Crippen LogP contribution in [0.1, 0.15) is 11.1 Å². The number of guanidine groups is 1. The van der Waals surface area contributed by atoms with Crippen molar-refractivity contribution in [2.24, 2.45) is 4.99 Å². The molecule has 0 aliphatic rings. The van der Waals surface area contributed by atoms with Crippen LogP contribution < -0.4 is 10.6 Å². The number of likely N-dealkylation sites (N-methyl/N-ethyl adjacent to an activating group) is 1. The fraction of sp³-hybridized carbons (Fsp3) is 0.263. The normalized spacial score (nSPS) is 11.1. The third kappa shape index (κ3) is 6.85. The summed E-state index contributed by atoms with van der Waals surface area (Å²) < 4.78 is 0. The maximum Gasteiger partial charge on any atom is 0.241 e. The average Bonchev–Trinajstić information content (AvgIpc) is 2.63. The second-order valence-corrected chi connectivity index (χ2v) is 6.21. The predicted molar refractivity (Wildman–Crippen MR) is 103 cm³/mol. The highest BCUT2D eigenvalue weighted by Crippen LogP contribution is 2.09. The van der Waals surface area contributed by atoms with Crippen molar-refractivity contribution >= 4 is 23.5 Å². The van der Waals surface area contributed by atoms with Crippen molar-refractivity contribution < 1.29 is 4.79 Å². The lowest BCUT2D eigenvalue weighted by Crippen LogP contribution is -2.42. The summed E-state index contributed by atoms with van der Waals surface area (Å²) in [5.41, 5.74) is 2.19. The molecule has 5 nitrogen and oxygen atoms in total. The van der Waals surface area contributed by atoms with Crippen LogP contribution in [0.15, 0.2) is 59.6 Å². The van der Waals surface area contributed by atoms with Crippen LogP contribution in [0.4, 0.5) is 0 Å². The van der Waals surface area contributed by atoms with E-state index in [1.54, 1.807) is 19.0 Å². The third-order valence-electron chi connectivity index (χ3n) is 3.54. The molecule has 0 spiro atoms. The van der Waals surface area contributed by atoms with Gasteiger partial charge in [0.1, 0.15) is 0 Å². The summed E-state index contributed by atoms with van der Waals surface area (Å²) in [7, 11) is 3.46. The molecule has 0 saturated carbocycles. The number of aliphatic imine (C=N–C) groups is 1. The number of benzene rings is 2. The zero-order chi connectivity index (χ0) is 18.1. The molecule has 0 radical (unpaired) electrons. The lowest BCUT2D eigenvalue weighted by atomic mass is 10.2. The van der Waals surface area contributed by atoms with Gasteiger partial charge in [0, 0.05) is 25.7 Å². The molecule has 0 aliphatic heterocycles. The van der Waals surface area contributed by atoms with Crippen LogP contribution in [-0.2, 0) is 17.9 Å². The smallest absolute Gasteiger partial charge is 0.241 e. The molecular formula is C19H23ClN4O. The van der Waals surface area contributed by atoms with Gasteiger partial charge in [-0.1, -0.05) is 54.1 Å².